The number of anilines is 1. The number of rotatable bonds is 5. The Kier molecular flexibility index (Phi) is 5.74. The molecule has 0 unspecified atom stereocenters. The number of nitrogens with zero attached hydrogens (tertiary/aromatic N) is 2. The number of benzene rings is 1. The van der Waals surface area contributed by atoms with Crippen LogP contribution in [0.3, 0.4) is 0 Å². The molecule has 9 nitrogen and oxygen atoms in total. The highest BCUT2D eigenvalue weighted by Gasteiger charge is 2.26. The third-order valence-electron chi connectivity index (χ3n) is 4.21. The lowest BCUT2D eigenvalue weighted by molar-refractivity contribution is -0.116. The molecule has 2 aromatic heterocycles. The minimum atomic E-state index is -0.698. The van der Waals surface area contributed by atoms with Crippen LogP contribution in [0, 0.1) is 6.92 Å². The summed E-state index contributed by atoms with van der Waals surface area (Å²) in [5.41, 5.74) is 1.04. The van der Waals surface area contributed by atoms with Crippen LogP contribution in [-0.2, 0) is 20.8 Å². The van der Waals surface area contributed by atoms with Gasteiger partial charge < -0.3 is 14.8 Å². The van der Waals surface area contributed by atoms with Gasteiger partial charge in [-0.25, -0.2) is 14.6 Å². The normalized spacial score (nSPS) is 10.6. The maximum atomic E-state index is 12.6. The minimum Gasteiger partial charge on any atom is -0.465 e. The average Bonchev–Trinajstić information content (AvgIpc) is 3.04. The molecular formula is C19H17N3O6S. The van der Waals surface area contributed by atoms with E-state index < -0.39 is 23.4 Å². The lowest BCUT2D eigenvalue weighted by Crippen LogP contribution is -2.28. The Morgan fingerprint density at radius 2 is 1.83 bits per heavy atom. The molecule has 0 fully saturated rings. The Labute approximate surface area is 168 Å². The fourth-order valence-electron chi connectivity index (χ4n) is 2.82. The van der Waals surface area contributed by atoms with Crippen molar-refractivity contribution in [1.82, 2.24) is 9.55 Å². The molecule has 3 aromatic rings. The van der Waals surface area contributed by atoms with Crippen LogP contribution in [0.1, 0.15) is 25.6 Å². The molecule has 1 N–H and O–H groups in total. The quantitative estimate of drug-likeness (QED) is 0.633. The molecule has 29 heavy (non-hydrogen) atoms. The van der Waals surface area contributed by atoms with Gasteiger partial charge in [0.15, 0.2) is 0 Å². The smallest absolute Gasteiger partial charge is 0.348 e. The van der Waals surface area contributed by atoms with Gasteiger partial charge in [0.05, 0.1) is 37.0 Å². The highest BCUT2D eigenvalue weighted by atomic mass is 32.1. The second kappa shape index (κ2) is 8.23. The zero-order valence-corrected chi connectivity index (χ0v) is 16.7. The Morgan fingerprint density at radius 3 is 2.52 bits per heavy atom. The average molecular weight is 415 g/mol. The first kappa shape index (κ1) is 20.2. The summed E-state index contributed by atoms with van der Waals surface area (Å²) in [5.74, 6) is -1.88. The van der Waals surface area contributed by atoms with E-state index in [9.17, 15) is 19.2 Å². The Morgan fingerprint density at radius 1 is 1.14 bits per heavy atom. The van der Waals surface area contributed by atoms with Crippen molar-refractivity contribution in [2.45, 2.75) is 13.5 Å². The predicted octanol–water partition coefficient (Wildman–Crippen LogP) is 1.98. The summed E-state index contributed by atoms with van der Waals surface area (Å²) < 4.78 is 10.8. The predicted molar refractivity (Wildman–Crippen MR) is 106 cm³/mol. The van der Waals surface area contributed by atoms with Crippen molar-refractivity contribution in [1.29, 1.82) is 0 Å². The fraction of sp³-hybridized carbons (Fsp3) is 0.211. The van der Waals surface area contributed by atoms with E-state index in [0.717, 1.165) is 17.5 Å². The molecule has 0 radical (unpaired) electrons. The van der Waals surface area contributed by atoms with Gasteiger partial charge in [0, 0.05) is 0 Å². The maximum absolute atomic E-state index is 12.6. The molecule has 10 heteroatoms. The summed E-state index contributed by atoms with van der Waals surface area (Å²) in [6.45, 7) is 1.26. The zero-order valence-electron chi connectivity index (χ0n) is 15.8. The van der Waals surface area contributed by atoms with Gasteiger partial charge in [0.25, 0.3) is 5.56 Å². The number of methoxy groups -OCH3 is 2. The zero-order chi connectivity index (χ0) is 21.1. The molecule has 0 aliphatic rings. The second-order valence-electron chi connectivity index (χ2n) is 5.96. The molecule has 0 spiro atoms. The van der Waals surface area contributed by atoms with E-state index in [2.05, 4.69) is 10.3 Å². The third kappa shape index (κ3) is 3.87. The standard InChI is InChI=1S/C19H17N3O6S/c1-10-15(18(25)27-2)17(29-16(10)19(26)28-3)21-13(23)9-22-12-7-5-4-6-11(12)20-8-14(22)24/h4-8H,9H2,1-3H3,(H,21,23). The number of thiophene rings is 1. The summed E-state index contributed by atoms with van der Waals surface area (Å²) in [4.78, 5) is 53.2. The number of hydrogen-bond acceptors (Lipinski definition) is 8. The van der Waals surface area contributed by atoms with E-state index in [-0.39, 0.29) is 22.0 Å². The van der Waals surface area contributed by atoms with E-state index in [1.54, 1.807) is 31.2 Å². The van der Waals surface area contributed by atoms with Crippen molar-refractivity contribution < 1.29 is 23.9 Å². The SMILES string of the molecule is COC(=O)c1sc(NC(=O)Cn2c(=O)cnc3ccccc32)c(C(=O)OC)c1C. The van der Waals surface area contributed by atoms with Crippen LogP contribution in [-0.4, -0.2) is 41.6 Å². The van der Waals surface area contributed by atoms with E-state index in [0.29, 0.717) is 16.6 Å². The van der Waals surface area contributed by atoms with Gasteiger partial charge >= 0.3 is 11.9 Å². The molecule has 2 heterocycles. The largest absolute Gasteiger partial charge is 0.465 e. The number of fused-ring (bicyclic) bond motifs is 1. The van der Waals surface area contributed by atoms with Gasteiger partial charge in [0.1, 0.15) is 16.4 Å². The van der Waals surface area contributed by atoms with Crippen molar-refractivity contribution in [3.05, 3.63) is 56.8 Å². The number of nitrogens with one attached hydrogen (secondary N) is 1. The number of esters is 2. The van der Waals surface area contributed by atoms with E-state index in [1.165, 1.54) is 18.8 Å². The summed E-state index contributed by atoms with van der Waals surface area (Å²) in [6, 6.07) is 6.92. The number of carbonyl (C=O) groups excluding carboxylic acids is 3. The molecule has 1 aromatic carbocycles. The molecule has 1 amide bonds. The molecule has 0 saturated heterocycles. The molecular weight excluding hydrogens is 398 g/mol. The first-order chi connectivity index (χ1) is 13.9. The number of para-hydroxylation sites is 2. The second-order valence-corrected chi connectivity index (χ2v) is 6.98. The Balaban J connectivity index is 1.96. The molecule has 150 valence electrons. The summed E-state index contributed by atoms with van der Waals surface area (Å²) in [5, 5.41) is 2.74. The highest BCUT2D eigenvalue weighted by molar-refractivity contribution is 7.18. The van der Waals surface area contributed by atoms with Crippen molar-refractivity contribution >= 4 is 45.2 Å². The van der Waals surface area contributed by atoms with Gasteiger partial charge in [-0.1, -0.05) is 12.1 Å². The summed E-state index contributed by atoms with van der Waals surface area (Å²) >= 11 is 0.902. The van der Waals surface area contributed by atoms with Gasteiger partial charge in [-0.15, -0.1) is 11.3 Å². The molecule has 3 rings (SSSR count). The lowest BCUT2D eigenvalue weighted by atomic mass is 10.1. The fourth-order valence-corrected chi connectivity index (χ4v) is 3.95. The van der Waals surface area contributed by atoms with E-state index in [4.69, 9.17) is 9.47 Å². The monoisotopic (exact) mass is 415 g/mol. The van der Waals surface area contributed by atoms with Gasteiger partial charge in [-0.05, 0) is 24.6 Å². The Hall–Kier alpha value is -3.53. The number of ether oxygens (including phenoxy) is 2. The number of hydrogen-bond donors (Lipinski definition) is 1. The third-order valence-corrected chi connectivity index (χ3v) is 5.40. The van der Waals surface area contributed by atoms with Crippen molar-refractivity contribution in [2.24, 2.45) is 0 Å². The van der Waals surface area contributed by atoms with Crippen molar-refractivity contribution in [3.8, 4) is 0 Å². The molecule has 0 aliphatic heterocycles. The van der Waals surface area contributed by atoms with Gasteiger partial charge in [0.2, 0.25) is 5.91 Å². The van der Waals surface area contributed by atoms with Crippen LogP contribution in [0.4, 0.5) is 5.00 Å². The van der Waals surface area contributed by atoms with Gasteiger partial charge in [-0.3, -0.25) is 14.2 Å². The topological polar surface area (TPSA) is 117 Å². The van der Waals surface area contributed by atoms with Crippen molar-refractivity contribution in [2.75, 3.05) is 19.5 Å². The summed E-state index contributed by atoms with van der Waals surface area (Å²) in [7, 11) is 2.42. The first-order valence-electron chi connectivity index (χ1n) is 8.41. The van der Waals surface area contributed by atoms with Crippen LogP contribution in [0.25, 0.3) is 11.0 Å². The molecule has 0 saturated carbocycles. The Bertz CT molecular complexity index is 1180. The van der Waals surface area contributed by atoms with Crippen LogP contribution in [0.2, 0.25) is 0 Å². The van der Waals surface area contributed by atoms with Crippen LogP contribution in [0.15, 0.2) is 35.3 Å². The van der Waals surface area contributed by atoms with Crippen LogP contribution >= 0.6 is 11.3 Å². The highest BCUT2D eigenvalue weighted by Crippen LogP contribution is 2.34. The minimum absolute atomic E-state index is 0.0678. The van der Waals surface area contributed by atoms with E-state index in [1.807, 2.05) is 0 Å². The number of carbonyl (C=O) groups is 3. The summed E-state index contributed by atoms with van der Waals surface area (Å²) in [6.07, 6.45) is 1.14. The van der Waals surface area contributed by atoms with Crippen molar-refractivity contribution in [3.63, 3.8) is 0 Å². The first-order valence-corrected chi connectivity index (χ1v) is 9.23. The molecule has 0 bridgehead atoms. The van der Waals surface area contributed by atoms with E-state index >= 15 is 0 Å². The maximum Gasteiger partial charge on any atom is 0.348 e. The molecule has 0 aliphatic carbocycles. The molecule has 0 atom stereocenters. The van der Waals surface area contributed by atoms with Crippen LogP contribution in [0.5, 0.6) is 0 Å². The van der Waals surface area contributed by atoms with Crippen LogP contribution < -0.4 is 10.9 Å². The number of aromatic nitrogens is 2. The van der Waals surface area contributed by atoms with Gasteiger partial charge in [-0.2, -0.15) is 0 Å². The number of amides is 1. The lowest BCUT2D eigenvalue weighted by Gasteiger charge is -2.10.